The molecular formula is C31H28ClN3O2S. The topological polar surface area (TPSA) is 56.9 Å². The van der Waals surface area contributed by atoms with Gasteiger partial charge in [0.25, 0.3) is 5.56 Å². The zero-order chi connectivity index (χ0) is 26.8. The number of carbonyl (C=O) groups is 1. The van der Waals surface area contributed by atoms with E-state index >= 15 is 0 Å². The smallest absolute Gasteiger partial charge is 0.266 e. The first kappa shape index (κ1) is 26.0. The molecule has 0 spiro atoms. The van der Waals surface area contributed by atoms with Crippen molar-refractivity contribution in [3.05, 3.63) is 122 Å². The Bertz CT molecular complexity index is 1690. The quantitative estimate of drug-likeness (QED) is 0.121. The Morgan fingerprint density at radius 2 is 1.66 bits per heavy atom. The van der Waals surface area contributed by atoms with Gasteiger partial charge in [-0.2, -0.15) is 0 Å². The number of nitrogens with zero attached hydrogens (tertiary/aromatic N) is 3. The summed E-state index contributed by atoms with van der Waals surface area (Å²) in [4.78, 5) is 31.6. The number of halogens is 1. The maximum Gasteiger partial charge on any atom is 0.266 e. The van der Waals surface area contributed by atoms with Crippen LogP contribution in [0.4, 0.5) is 0 Å². The van der Waals surface area contributed by atoms with Gasteiger partial charge in [0.15, 0.2) is 10.9 Å². The van der Waals surface area contributed by atoms with Gasteiger partial charge >= 0.3 is 0 Å². The summed E-state index contributed by atoms with van der Waals surface area (Å²) < 4.78 is 3.79. The molecule has 5 nitrogen and oxygen atoms in total. The number of benzene rings is 3. The number of aromatic nitrogens is 3. The van der Waals surface area contributed by atoms with Crippen LogP contribution in [0, 0.1) is 20.8 Å². The van der Waals surface area contributed by atoms with E-state index in [1.807, 2.05) is 93.6 Å². The molecule has 0 unspecified atom stereocenters. The summed E-state index contributed by atoms with van der Waals surface area (Å²) >= 11 is 7.31. The molecule has 0 aliphatic carbocycles. The SMILES string of the molecule is Cc1ccc(-n2c(SCC(=O)c3cc(C)n(CCc4ccc(Cl)cc4)c3C)nc3ccccc3c2=O)cc1. The van der Waals surface area contributed by atoms with E-state index in [-0.39, 0.29) is 17.1 Å². The number of hydrogen-bond acceptors (Lipinski definition) is 4. The minimum atomic E-state index is -0.144. The van der Waals surface area contributed by atoms with Crippen LogP contribution >= 0.6 is 23.4 Å². The van der Waals surface area contributed by atoms with Crippen LogP contribution in [0.15, 0.2) is 88.8 Å². The van der Waals surface area contributed by atoms with Gasteiger partial charge in [-0.1, -0.05) is 65.3 Å². The largest absolute Gasteiger partial charge is 0.348 e. The van der Waals surface area contributed by atoms with Gasteiger partial charge in [0.05, 0.1) is 22.3 Å². The van der Waals surface area contributed by atoms with Gasteiger partial charge in [-0.15, -0.1) is 0 Å². The number of carbonyl (C=O) groups excluding carboxylic acids is 1. The van der Waals surface area contributed by atoms with Crippen LogP contribution in [0.1, 0.15) is 32.9 Å². The number of ketones is 1. The molecule has 0 fully saturated rings. The van der Waals surface area contributed by atoms with E-state index in [4.69, 9.17) is 16.6 Å². The van der Waals surface area contributed by atoms with E-state index in [0.717, 1.165) is 40.6 Å². The van der Waals surface area contributed by atoms with E-state index in [1.165, 1.54) is 17.3 Å². The Kier molecular flexibility index (Phi) is 7.54. The molecule has 0 saturated carbocycles. The number of aryl methyl sites for hydroxylation is 3. The third-order valence-electron chi connectivity index (χ3n) is 6.78. The second kappa shape index (κ2) is 11.0. The second-order valence-electron chi connectivity index (χ2n) is 9.41. The highest BCUT2D eigenvalue weighted by molar-refractivity contribution is 7.99. The predicted molar refractivity (Wildman–Crippen MR) is 156 cm³/mol. The predicted octanol–water partition coefficient (Wildman–Crippen LogP) is 6.98. The molecule has 0 atom stereocenters. The average Bonchev–Trinajstić information content (AvgIpc) is 3.20. The van der Waals surface area contributed by atoms with Crippen molar-refractivity contribution in [1.82, 2.24) is 14.1 Å². The van der Waals surface area contributed by atoms with Crippen molar-refractivity contribution < 1.29 is 4.79 Å². The molecule has 5 aromatic rings. The van der Waals surface area contributed by atoms with Gasteiger partial charge in [0.2, 0.25) is 0 Å². The molecule has 192 valence electrons. The highest BCUT2D eigenvalue weighted by atomic mass is 35.5. The highest BCUT2D eigenvalue weighted by Gasteiger charge is 2.19. The Labute approximate surface area is 231 Å². The first-order valence-electron chi connectivity index (χ1n) is 12.5. The first-order valence-corrected chi connectivity index (χ1v) is 13.8. The van der Waals surface area contributed by atoms with Gasteiger partial charge in [-0.25, -0.2) is 4.98 Å². The van der Waals surface area contributed by atoms with Gasteiger partial charge in [0, 0.05) is 28.5 Å². The summed E-state index contributed by atoms with van der Waals surface area (Å²) in [6, 6.07) is 24.9. The summed E-state index contributed by atoms with van der Waals surface area (Å²) in [5, 5.41) is 1.77. The summed E-state index contributed by atoms with van der Waals surface area (Å²) in [6.07, 6.45) is 0.847. The van der Waals surface area contributed by atoms with Gasteiger partial charge in [-0.05, 0) is 75.2 Å². The fourth-order valence-corrected chi connectivity index (χ4v) is 5.68. The number of Topliss-reactive ketones (excluding diaryl/α,β-unsaturated/α-hetero) is 1. The third kappa shape index (κ3) is 5.33. The number of rotatable bonds is 8. The van der Waals surface area contributed by atoms with E-state index in [9.17, 15) is 9.59 Å². The van der Waals surface area contributed by atoms with E-state index < -0.39 is 0 Å². The third-order valence-corrected chi connectivity index (χ3v) is 7.97. The monoisotopic (exact) mass is 541 g/mol. The van der Waals surface area contributed by atoms with Crippen molar-refractivity contribution >= 4 is 40.0 Å². The maximum absolute atomic E-state index is 13.5. The summed E-state index contributed by atoms with van der Waals surface area (Å²) in [6.45, 7) is 6.80. The molecule has 2 aromatic heterocycles. The van der Waals surface area contributed by atoms with Crippen LogP contribution in [0.3, 0.4) is 0 Å². The minimum Gasteiger partial charge on any atom is -0.348 e. The lowest BCUT2D eigenvalue weighted by Gasteiger charge is -2.13. The summed E-state index contributed by atoms with van der Waals surface area (Å²) in [5.41, 5.74) is 6.21. The molecule has 0 aliphatic heterocycles. The Balaban J connectivity index is 1.40. The first-order chi connectivity index (χ1) is 18.3. The van der Waals surface area contributed by atoms with Crippen LogP contribution in [0.5, 0.6) is 0 Å². The van der Waals surface area contributed by atoms with Gasteiger partial charge in [0.1, 0.15) is 0 Å². The molecule has 0 aliphatic rings. The lowest BCUT2D eigenvalue weighted by molar-refractivity contribution is 0.102. The van der Waals surface area contributed by atoms with Crippen LogP contribution in [-0.4, -0.2) is 25.7 Å². The van der Waals surface area contributed by atoms with Crippen molar-refractivity contribution in [3.8, 4) is 5.69 Å². The van der Waals surface area contributed by atoms with Gasteiger partial charge < -0.3 is 4.57 Å². The molecule has 7 heteroatoms. The molecule has 5 rings (SSSR count). The standard InChI is InChI=1S/C31H28ClN3O2S/c1-20-8-14-25(15-9-20)35-30(37)26-6-4-5-7-28(26)33-31(35)38-19-29(36)27-18-21(2)34(22(27)3)17-16-23-10-12-24(32)13-11-23/h4-15,18H,16-17,19H2,1-3H3. The number of thioether (sulfide) groups is 1. The zero-order valence-corrected chi connectivity index (χ0v) is 23.1. The zero-order valence-electron chi connectivity index (χ0n) is 21.6. The number of para-hydroxylation sites is 1. The van der Waals surface area contributed by atoms with Crippen molar-refractivity contribution in [2.45, 2.75) is 38.9 Å². The molecule has 0 bridgehead atoms. The molecule has 0 amide bonds. The number of fused-ring (bicyclic) bond motifs is 1. The van der Waals surface area contributed by atoms with Crippen LogP contribution in [-0.2, 0) is 13.0 Å². The van der Waals surface area contributed by atoms with Crippen LogP contribution in [0.25, 0.3) is 16.6 Å². The summed E-state index contributed by atoms with van der Waals surface area (Å²) in [7, 11) is 0. The Morgan fingerprint density at radius 3 is 2.39 bits per heavy atom. The minimum absolute atomic E-state index is 0.0127. The lowest BCUT2D eigenvalue weighted by atomic mass is 10.1. The second-order valence-corrected chi connectivity index (χ2v) is 10.8. The van der Waals surface area contributed by atoms with Crippen LogP contribution < -0.4 is 5.56 Å². The molecule has 2 heterocycles. The summed E-state index contributed by atoms with van der Waals surface area (Å²) in [5.74, 6) is 0.191. The van der Waals surface area contributed by atoms with Crippen molar-refractivity contribution in [2.24, 2.45) is 0 Å². The van der Waals surface area contributed by atoms with E-state index in [2.05, 4.69) is 4.57 Å². The van der Waals surface area contributed by atoms with Crippen molar-refractivity contribution in [1.29, 1.82) is 0 Å². The normalized spacial score (nSPS) is 11.3. The average molecular weight is 542 g/mol. The van der Waals surface area contributed by atoms with E-state index in [0.29, 0.717) is 21.6 Å². The molecule has 0 N–H and O–H groups in total. The Morgan fingerprint density at radius 1 is 0.947 bits per heavy atom. The van der Waals surface area contributed by atoms with Crippen molar-refractivity contribution in [3.63, 3.8) is 0 Å². The maximum atomic E-state index is 13.5. The Hall–Kier alpha value is -3.61. The molecule has 38 heavy (non-hydrogen) atoms. The highest BCUT2D eigenvalue weighted by Crippen LogP contribution is 2.25. The van der Waals surface area contributed by atoms with Crippen molar-refractivity contribution in [2.75, 3.05) is 5.75 Å². The van der Waals surface area contributed by atoms with Gasteiger partial charge in [-0.3, -0.25) is 14.2 Å². The fourth-order valence-electron chi connectivity index (χ4n) is 4.66. The lowest BCUT2D eigenvalue weighted by Crippen LogP contribution is -2.22. The molecule has 3 aromatic carbocycles. The fraction of sp³-hybridized carbons (Fsp3) is 0.194. The van der Waals surface area contributed by atoms with E-state index in [1.54, 1.807) is 10.6 Å². The van der Waals surface area contributed by atoms with Crippen LogP contribution in [0.2, 0.25) is 5.02 Å². The molecule has 0 radical (unpaired) electrons. The number of hydrogen-bond donors (Lipinski definition) is 0. The molecular weight excluding hydrogens is 514 g/mol. The molecule has 0 saturated heterocycles.